The summed E-state index contributed by atoms with van der Waals surface area (Å²) < 4.78 is 0. The van der Waals surface area contributed by atoms with Crippen molar-refractivity contribution >= 4 is 0 Å². The van der Waals surface area contributed by atoms with Crippen LogP contribution in [0.2, 0.25) is 0 Å². The van der Waals surface area contributed by atoms with E-state index in [0.29, 0.717) is 6.04 Å². The summed E-state index contributed by atoms with van der Waals surface area (Å²) in [5.41, 5.74) is 6.31. The molecule has 106 valence electrons. The van der Waals surface area contributed by atoms with Crippen molar-refractivity contribution in [3.8, 4) is 0 Å². The minimum atomic E-state index is 0.449. The van der Waals surface area contributed by atoms with E-state index in [4.69, 9.17) is 5.73 Å². The van der Waals surface area contributed by atoms with E-state index in [0.717, 1.165) is 17.9 Å². The standard InChI is InChI=1S/C16H32N2/c1-13-6-5-8-15(11-10-13)18-12-14-7-3-2-4-9-16(14)17/h13-16,18H,2-12,17H2,1H3. The Bertz CT molecular complexity index is 229. The van der Waals surface area contributed by atoms with Crippen molar-refractivity contribution in [1.82, 2.24) is 5.32 Å². The van der Waals surface area contributed by atoms with Crippen LogP contribution in [0.4, 0.5) is 0 Å². The fourth-order valence-electron chi connectivity index (χ4n) is 3.68. The van der Waals surface area contributed by atoms with Gasteiger partial charge < -0.3 is 11.1 Å². The molecule has 2 saturated carbocycles. The van der Waals surface area contributed by atoms with Crippen LogP contribution in [0.25, 0.3) is 0 Å². The minimum Gasteiger partial charge on any atom is -0.327 e. The minimum absolute atomic E-state index is 0.449. The van der Waals surface area contributed by atoms with Gasteiger partial charge in [0.25, 0.3) is 0 Å². The van der Waals surface area contributed by atoms with Crippen molar-refractivity contribution in [3.63, 3.8) is 0 Å². The zero-order valence-electron chi connectivity index (χ0n) is 12.2. The molecule has 0 aliphatic heterocycles. The molecule has 2 aliphatic carbocycles. The monoisotopic (exact) mass is 252 g/mol. The average Bonchev–Trinajstić information content (AvgIpc) is 2.68. The molecular weight excluding hydrogens is 220 g/mol. The largest absolute Gasteiger partial charge is 0.327 e. The van der Waals surface area contributed by atoms with Crippen LogP contribution < -0.4 is 11.1 Å². The fraction of sp³-hybridized carbons (Fsp3) is 1.00. The molecule has 0 aromatic heterocycles. The number of rotatable bonds is 3. The first-order chi connectivity index (χ1) is 8.75. The summed E-state index contributed by atoms with van der Waals surface area (Å²) in [7, 11) is 0. The lowest BCUT2D eigenvalue weighted by Crippen LogP contribution is -2.40. The van der Waals surface area contributed by atoms with E-state index in [-0.39, 0.29) is 0 Å². The molecule has 4 unspecified atom stereocenters. The van der Waals surface area contributed by atoms with Crippen molar-refractivity contribution in [2.24, 2.45) is 17.6 Å². The molecule has 2 rings (SSSR count). The number of nitrogens with two attached hydrogens (primary N) is 1. The van der Waals surface area contributed by atoms with Gasteiger partial charge in [-0.3, -0.25) is 0 Å². The maximum Gasteiger partial charge on any atom is 0.00792 e. The van der Waals surface area contributed by atoms with Crippen molar-refractivity contribution in [2.45, 2.75) is 83.2 Å². The summed E-state index contributed by atoms with van der Waals surface area (Å²) in [6.07, 6.45) is 13.7. The first-order valence-corrected chi connectivity index (χ1v) is 8.24. The van der Waals surface area contributed by atoms with Gasteiger partial charge in [0.2, 0.25) is 0 Å². The Kier molecular flexibility index (Phi) is 5.97. The summed E-state index contributed by atoms with van der Waals surface area (Å²) in [5, 5.41) is 3.83. The lowest BCUT2D eigenvalue weighted by atomic mass is 9.94. The Balaban J connectivity index is 1.72. The molecule has 0 heterocycles. The van der Waals surface area contributed by atoms with Crippen LogP contribution >= 0.6 is 0 Å². The zero-order valence-corrected chi connectivity index (χ0v) is 12.2. The third kappa shape index (κ3) is 4.55. The molecule has 18 heavy (non-hydrogen) atoms. The van der Waals surface area contributed by atoms with Gasteiger partial charge in [0.1, 0.15) is 0 Å². The van der Waals surface area contributed by atoms with Crippen LogP contribution in [-0.4, -0.2) is 18.6 Å². The molecular formula is C16H32N2. The highest BCUT2D eigenvalue weighted by Gasteiger charge is 2.22. The summed E-state index contributed by atoms with van der Waals surface area (Å²) in [6.45, 7) is 3.57. The van der Waals surface area contributed by atoms with Crippen molar-refractivity contribution in [1.29, 1.82) is 0 Å². The number of hydrogen-bond donors (Lipinski definition) is 2. The van der Waals surface area contributed by atoms with Gasteiger partial charge >= 0.3 is 0 Å². The quantitative estimate of drug-likeness (QED) is 0.755. The highest BCUT2D eigenvalue weighted by atomic mass is 14.9. The molecule has 2 aliphatic rings. The second-order valence-electron chi connectivity index (χ2n) is 6.78. The highest BCUT2D eigenvalue weighted by molar-refractivity contribution is 4.81. The zero-order chi connectivity index (χ0) is 12.8. The molecule has 0 aromatic rings. The van der Waals surface area contributed by atoms with Crippen LogP contribution in [0, 0.1) is 11.8 Å². The average molecular weight is 252 g/mol. The maximum atomic E-state index is 6.31. The molecule has 4 atom stereocenters. The smallest absolute Gasteiger partial charge is 0.00792 e. The van der Waals surface area contributed by atoms with Gasteiger partial charge in [0, 0.05) is 12.1 Å². The van der Waals surface area contributed by atoms with Crippen LogP contribution in [0.3, 0.4) is 0 Å². The molecule has 0 saturated heterocycles. The van der Waals surface area contributed by atoms with E-state index < -0.39 is 0 Å². The van der Waals surface area contributed by atoms with Crippen LogP contribution in [0.5, 0.6) is 0 Å². The lowest BCUT2D eigenvalue weighted by Gasteiger charge is -2.25. The second-order valence-corrected chi connectivity index (χ2v) is 6.78. The first kappa shape index (κ1) is 14.3. The Labute approximate surface area is 113 Å². The van der Waals surface area contributed by atoms with Gasteiger partial charge in [-0.1, -0.05) is 39.0 Å². The molecule has 2 fully saturated rings. The topological polar surface area (TPSA) is 38.0 Å². The predicted molar refractivity (Wildman–Crippen MR) is 78.6 cm³/mol. The van der Waals surface area contributed by atoms with Gasteiger partial charge in [-0.2, -0.15) is 0 Å². The van der Waals surface area contributed by atoms with Gasteiger partial charge in [-0.25, -0.2) is 0 Å². The second kappa shape index (κ2) is 7.49. The number of nitrogens with one attached hydrogen (secondary N) is 1. The third-order valence-corrected chi connectivity index (χ3v) is 5.14. The highest BCUT2D eigenvalue weighted by Crippen LogP contribution is 2.24. The molecule has 3 N–H and O–H groups in total. The van der Waals surface area contributed by atoms with E-state index in [1.165, 1.54) is 70.8 Å². The van der Waals surface area contributed by atoms with E-state index in [1.807, 2.05) is 0 Å². The Hall–Kier alpha value is -0.0800. The van der Waals surface area contributed by atoms with Crippen LogP contribution in [-0.2, 0) is 0 Å². The molecule has 2 heteroatoms. The molecule has 0 aromatic carbocycles. The lowest BCUT2D eigenvalue weighted by molar-refractivity contribution is 0.339. The maximum absolute atomic E-state index is 6.31. The fourth-order valence-corrected chi connectivity index (χ4v) is 3.68. The number of hydrogen-bond acceptors (Lipinski definition) is 2. The van der Waals surface area contributed by atoms with Crippen molar-refractivity contribution in [3.05, 3.63) is 0 Å². The predicted octanol–water partition coefficient (Wildman–Crippen LogP) is 3.45. The first-order valence-electron chi connectivity index (χ1n) is 8.24. The molecule has 0 amide bonds. The van der Waals surface area contributed by atoms with E-state index >= 15 is 0 Å². The Morgan fingerprint density at radius 1 is 0.889 bits per heavy atom. The third-order valence-electron chi connectivity index (χ3n) is 5.14. The Morgan fingerprint density at radius 3 is 2.61 bits per heavy atom. The normalized spacial score (nSPS) is 39.0. The molecule has 0 spiro atoms. The molecule has 0 radical (unpaired) electrons. The summed E-state index contributed by atoms with van der Waals surface area (Å²) in [5.74, 6) is 1.67. The summed E-state index contributed by atoms with van der Waals surface area (Å²) in [6, 6.07) is 1.22. The summed E-state index contributed by atoms with van der Waals surface area (Å²) >= 11 is 0. The van der Waals surface area contributed by atoms with Gasteiger partial charge in [-0.05, 0) is 50.5 Å². The Morgan fingerprint density at radius 2 is 1.72 bits per heavy atom. The SMILES string of the molecule is CC1CCCC(NCC2CCCCCC2N)CC1. The van der Waals surface area contributed by atoms with Gasteiger partial charge in [0.05, 0.1) is 0 Å². The van der Waals surface area contributed by atoms with Gasteiger partial charge in [-0.15, -0.1) is 0 Å². The van der Waals surface area contributed by atoms with Gasteiger partial charge in [0.15, 0.2) is 0 Å². The summed E-state index contributed by atoms with van der Waals surface area (Å²) in [4.78, 5) is 0. The van der Waals surface area contributed by atoms with Crippen molar-refractivity contribution < 1.29 is 0 Å². The van der Waals surface area contributed by atoms with E-state index in [2.05, 4.69) is 12.2 Å². The molecule has 0 bridgehead atoms. The van der Waals surface area contributed by atoms with E-state index in [1.54, 1.807) is 0 Å². The van der Waals surface area contributed by atoms with Crippen LogP contribution in [0.15, 0.2) is 0 Å². The van der Waals surface area contributed by atoms with E-state index in [9.17, 15) is 0 Å². The molecule has 2 nitrogen and oxygen atoms in total. The van der Waals surface area contributed by atoms with Crippen LogP contribution in [0.1, 0.15) is 71.1 Å². The van der Waals surface area contributed by atoms with Crippen molar-refractivity contribution in [2.75, 3.05) is 6.54 Å².